The molecule has 2 aromatic carbocycles. The van der Waals surface area contributed by atoms with E-state index in [0.29, 0.717) is 35.3 Å². The van der Waals surface area contributed by atoms with Crippen LogP contribution in [-0.4, -0.2) is 22.6 Å². The molecule has 0 saturated carbocycles. The number of halogens is 1. The number of hydrogen-bond donors (Lipinski definition) is 1. The average Bonchev–Trinajstić information content (AvgIpc) is 3.04. The lowest BCUT2D eigenvalue weighted by atomic mass is 10.1. The van der Waals surface area contributed by atoms with Crippen molar-refractivity contribution in [2.24, 2.45) is 0 Å². The predicted molar refractivity (Wildman–Crippen MR) is 92.0 cm³/mol. The quantitative estimate of drug-likeness (QED) is 0.768. The monoisotopic (exact) mass is 341 g/mol. The van der Waals surface area contributed by atoms with Crippen LogP contribution in [0.5, 0.6) is 0 Å². The lowest BCUT2D eigenvalue weighted by Crippen LogP contribution is -2.25. The largest absolute Gasteiger partial charge is 0.352 e. The van der Waals surface area contributed by atoms with Crippen molar-refractivity contribution in [3.05, 3.63) is 70.6 Å². The summed E-state index contributed by atoms with van der Waals surface area (Å²) in [5, 5.41) is 7.34. The molecule has 0 aliphatic heterocycles. The highest BCUT2D eigenvalue weighted by Crippen LogP contribution is 2.24. The lowest BCUT2D eigenvalue weighted by Gasteiger charge is -2.04. The normalized spacial score (nSPS) is 10.6. The Morgan fingerprint density at radius 2 is 2.04 bits per heavy atom. The van der Waals surface area contributed by atoms with E-state index in [9.17, 15) is 4.79 Å². The molecule has 0 aliphatic rings. The van der Waals surface area contributed by atoms with Crippen molar-refractivity contribution in [1.29, 1.82) is 0 Å². The number of aryl methyl sites for hydroxylation is 1. The maximum Gasteiger partial charge on any atom is 0.251 e. The zero-order valence-corrected chi connectivity index (χ0v) is 13.9. The molecule has 3 aromatic rings. The Labute approximate surface area is 144 Å². The molecular formula is C18H16ClN3O2. The van der Waals surface area contributed by atoms with Gasteiger partial charge >= 0.3 is 0 Å². The van der Waals surface area contributed by atoms with Crippen molar-refractivity contribution in [2.75, 3.05) is 6.54 Å². The van der Waals surface area contributed by atoms with E-state index in [1.54, 1.807) is 12.1 Å². The van der Waals surface area contributed by atoms with Gasteiger partial charge in [0.1, 0.15) is 0 Å². The first kappa shape index (κ1) is 16.2. The molecule has 0 fully saturated rings. The highest BCUT2D eigenvalue weighted by Gasteiger charge is 2.12. The van der Waals surface area contributed by atoms with Crippen LogP contribution >= 0.6 is 11.6 Å². The number of amides is 1. The van der Waals surface area contributed by atoms with E-state index < -0.39 is 0 Å². The van der Waals surface area contributed by atoms with Gasteiger partial charge < -0.3 is 9.84 Å². The summed E-state index contributed by atoms with van der Waals surface area (Å²) in [6.07, 6.45) is 0.453. The van der Waals surface area contributed by atoms with Gasteiger partial charge in [-0.05, 0) is 31.2 Å². The molecule has 0 saturated heterocycles. The summed E-state index contributed by atoms with van der Waals surface area (Å²) in [4.78, 5) is 16.4. The molecule has 0 bridgehead atoms. The minimum absolute atomic E-state index is 0.121. The second-order valence-electron chi connectivity index (χ2n) is 5.37. The van der Waals surface area contributed by atoms with Crippen molar-refractivity contribution in [2.45, 2.75) is 13.3 Å². The Morgan fingerprint density at radius 3 is 2.83 bits per heavy atom. The summed E-state index contributed by atoms with van der Waals surface area (Å²) < 4.78 is 5.21. The summed E-state index contributed by atoms with van der Waals surface area (Å²) in [5.74, 6) is 0.777. The number of carbonyl (C=O) groups excluding carboxylic acids is 1. The van der Waals surface area contributed by atoms with E-state index in [-0.39, 0.29) is 5.91 Å². The van der Waals surface area contributed by atoms with E-state index in [0.717, 1.165) is 11.1 Å². The minimum Gasteiger partial charge on any atom is -0.352 e. The maximum atomic E-state index is 12.1. The summed E-state index contributed by atoms with van der Waals surface area (Å²) in [5.41, 5.74) is 2.40. The van der Waals surface area contributed by atoms with E-state index in [1.807, 2.05) is 43.3 Å². The first-order valence-corrected chi connectivity index (χ1v) is 7.93. The Morgan fingerprint density at radius 1 is 1.21 bits per heavy atom. The summed E-state index contributed by atoms with van der Waals surface area (Å²) in [6.45, 7) is 2.36. The fourth-order valence-corrected chi connectivity index (χ4v) is 2.50. The number of aromatic nitrogens is 2. The van der Waals surface area contributed by atoms with Crippen LogP contribution in [0.15, 0.2) is 53.1 Å². The standard InChI is InChI=1S/C18H16ClN3O2/c1-12-5-4-6-13(11-12)18(23)20-10-9-16-21-17(22-24-16)14-7-2-3-8-15(14)19/h2-8,11H,9-10H2,1H3,(H,20,23). The smallest absolute Gasteiger partial charge is 0.251 e. The third-order valence-electron chi connectivity index (χ3n) is 3.49. The Bertz CT molecular complexity index is 861. The van der Waals surface area contributed by atoms with E-state index in [1.165, 1.54) is 0 Å². The number of hydrogen-bond acceptors (Lipinski definition) is 4. The van der Waals surface area contributed by atoms with Crippen LogP contribution in [0.3, 0.4) is 0 Å². The van der Waals surface area contributed by atoms with Gasteiger partial charge in [0, 0.05) is 24.1 Å². The summed E-state index contributed by atoms with van der Waals surface area (Å²) >= 11 is 6.12. The first-order valence-electron chi connectivity index (χ1n) is 7.56. The number of rotatable bonds is 5. The van der Waals surface area contributed by atoms with Gasteiger partial charge in [0.15, 0.2) is 0 Å². The zero-order chi connectivity index (χ0) is 16.9. The van der Waals surface area contributed by atoms with Gasteiger partial charge in [-0.25, -0.2) is 0 Å². The van der Waals surface area contributed by atoms with Crippen LogP contribution in [-0.2, 0) is 6.42 Å². The highest BCUT2D eigenvalue weighted by atomic mass is 35.5. The molecule has 0 radical (unpaired) electrons. The average molecular weight is 342 g/mol. The third-order valence-corrected chi connectivity index (χ3v) is 3.82. The number of benzene rings is 2. The van der Waals surface area contributed by atoms with Crippen LogP contribution in [0.4, 0.5) is 0 Å². The molecule has 3 rings (SSSR count). The van der Waals surface area contributed by atoms with Crippen LogP contribution in [0.1, 0.15) is 21.8 Å². The second-order valence-corrected chi connectivity index (χ2v) is 5.77. The van der Waals surface area contributed by atoms with Crippen molar-refractivity contribution in [3.8, 4) is 11.4 Å². The molecule has 1 N–H and O–H groups in total. The van der Waals surface area contributed by atoms with Crippen LogP contribution in [0.2, 0.25) is 5.02 Å². The van der Waals surface area contributed by atoms with Crippen molar-refractivity contribution in [1.82, 2.24) is 15.5 Å². The van der Waals surface area contributed by atoms with Gasteiger partial charge in [-0.3, -0.25) is 4.79 Å². The lowest BCUT2D eigenvalue weighted by molar-refractivity contribution is 0.0953. The Hall–Kier alpha value is -2.66. The van der Waals surface area contributed by atoms with Gasteiger partial charge in [0.2, 0.25) is 11.7 Å². The maximum absolute atomic E-state index is 12.1. The highest BCUT2D eigenvalue weighted by molar-refractivity contribution is 6.33. The van der Waals surface area contributed by atoms with E-state index in [4.69, 9.17) is 16.1 Å². The van der Waals surface area contributed by atoms with Crippen molar-refractivity contribution in [3.63, 3.8) is 0 Å². The van der Waals surface area contributed by atoms with Crippen LogP contribution in [0, 0.1) is 6.92 Å². The molecule has 1 heterocycles. The predicted octanol–water partition coefficient (Wildman–Crippen LogP) is 3.67. The molecular weight excluding hydrogens is 326 g/mol. The van der Waals surface area contributed by atoms with E-state index >= 15 is 0 Å². The van der Waals surface area contributed by atoms with Gasteiger partial charge in [-0.1, -0.05) is 46.6 Å². The molecule has 5 nitrogen and oxygen atoms in total. The van der Waals surface area contributed by atoms with Crippen LogP contribution in [0.25, 0.3) is 11.4 Å². The number of carbonyl (C=O) groups is 1. The molecule has 6 heteroatoms. The summed E-state index contributed by atoms with van der Waals surface area (Å²) in [6, 6.07) is 14.7. The molecule has 0 atom stereocenters. The van der Waals surface area contributed by atoms with Gasteiger partial charge in [0.05, 0.1) is 5.02 Å². The minimum atomic E-state index is -0.121. The van der Waals surface area contributed by atoms with Gasteiger partial charge in [-0.15, -0.1) is 0 Å². The molecule has 24 heavy (non-hydrogen) atoms. The van der Waals surface area contributed by atoms with Crippen LogP contribution < -0.4 is 5.32 Å². The fraction of sp³-hybridized carbons (Fsp3) is 0.167. The fourth-order valence-electron chi connectivity index (χ4n) is 2.28. The Kier molecular flexibility index (Phi) is 4.91. The van der Waals surface area contributed by atoms with Gasteiger partial charge in [0.25, 0.3) is 5.91 Å². The topological polar surface area (TPSA) is 68.0 Å². The summed E-state index contributed by atoms with van der Waals surface area (Å²) in [7, 11) is 0. The molecule has 1 aromatic heterocycles. The first-order chi connectivity index (χ1) is 11.6. The zero-order valence-electron chi connectivity index (χ0n) is 13.1. The van der Waals surface area contributed by atoms with E-state index in [2.05, 4.69) is 15.5 Å². The Balaban J connectivity index is 1.58. The third kappa shape index (κ3) is 3.81. The SMILES string of the molecule is Cc1cccc(C(=O)NCCc2nc(-c3ccccc3Cl)no2)c1. The van der Waals surface area contributed by atoms with Crippen molar-refractivity contribution >= 4 is 17.5 Å². The van der Waals surface area contributed by atoms with Gasteiger partial charge in [-0.2, -0.15) is 4.98 Å². The molecule has 122 valence electrons. The molecule has 0 spiro atoms. The van der Waals surface area contributed by atoms with Crippen molar-refractivity contribution < 1.29 is 9.32 Å². The molecule has 0 aliphatic carbocycles. The second kappa shape index (κ2) is 7.27. The molecule has 0 unspecified atom stereocenters. The molecule has 1 amide bonds. The number of nitrogens with zero attached hydrogens (tertiary/aromatic N) is 2. The number of nitrogens with one attached hydrogen (secondary N) is 1.